The van der Waals surface area contributed by atoms with Crippen LogP contribution >= 0.6 is 0 Å². The zero-order valence-corrected chi connectivity index (χ0v) is 23.0. The lowest BCUT2D eigenvalue weighted by atomic mass is 9.79. The second-order valence-corrected chi connectivity index (χ2v) is 10.4. The molecule has 1 atom stereocenters. The number of methoxy groups -OCH3 is 1. The van der Waals surface area contributed by atoms with Gasteiger partial charge in [0.2, 0.25) is 0 Å². The summed E-state index contributed by atoms with van der Waals surface area (Å²) in [6.45, 7) is 7.96. The SMILES string of the molecule is CCN(Cc1ccc(OCCN2CCOCC2)c(F)c1)c1cc(OC)ccc1C1CCc2cc(O)ccc2C1. The average molecular weight is 535 g/mol. The number of nitrogens with zero attached hydrogens (tertiary/aromatic N) is 2. The Morgan fingerprint density at radius 1 is 1.05 bits per heavy atom. The molecule has 6 nitrogen and oxygen atoms in total. The highest BCUT2D eigenvalue weighted by Gasteiger charge is 2.25. The second-order valence-electron chi connectivity index (χ2n) is 10.4. The number of halogens is 1. The lowest BCUT2D eigenvalue weighted by molar-refractivity contribution is 0.0320. The first kappa shape index (κ1) is 27.3. The lowest BCUT2D eigenvalue weighted by Crippen LogP contribution is -2.38. The van der Waals surface area contributed by atoms with E-state index in [1.165, 1.54) is 16.7 Å². The number of fused-ring (bicyclic) bond motifs is 1. The lowest BCUT2D eigenvalue weighted by Gasteiger charge is -2.32. The van der Waals surface area contributed by atoms with Crippen LogP contribution in [0.1, 0.15) is 41.5 Å². The van der Waals surface area contributed by atoms with Crippen LogP contribution in [-0.2, 0) is 24.1 Å². The minimum atomic E-state index is -0.330. The molecule has 1 N–H and O–H groups in total. The maximum Gasteiger partial charge on any atom is 0.165 e. The molecule has 0 aromatic heterocycles. The first-order chi connectivity index (χ1) is 19.0. The van der Waals surface area contributed by atoms with E-state index in [0.717, 1.165) is 75.7 Å². The van der Waals surface area contributed by atoms with Crippen molar-refractivity contribution in [3.63, 3.8) is 0 Å². The summed E-state index contributed by atoms with van der Waals surface area (Å²) in [5.74, 6) is 1.46. The van der Waals surface area contributed by atoms with E-state index < -0.39 is 0 Å². The molecule has 1 heterocycles. The molecule has 0 bridgehead atoms. The highest BCUT2D eigenvalue weighted by atomic mass is 19.1. The van der Waals surface area contributed by atoms with Gasteiger partial charge in [-0.1, -0.05) is 18.2 Å². The second kappa shape index (κ2) is 12.7. The number of rotatable bonds is 10. The zero-order valence-electron chi connectivity index (χ0n) is 23.0. The summed E-state index contributed by atoms with van der Waals surface area (Å²) in [7, 11) is 1.69. The number of ether oxygens (including phenoxy) is 3. The van der Waals surface area contributed by atoms with Crippen LogP contribution in [0.2, 0.25) is 0 Å². The van der Waals surface area contributed by atoms with E-state index in [0.29, 0.717) is 30.6 Å². The summed E-state index contributed by atoms with van der Waals surface area (Å²) in [6.07, 6.45) is 2.88. The van der Waals surface area contributed by atoms with Crippen LogP contribution in [0.5, 0.6) is 17.2 Å². The van der Waals surface area contributed by atoms with Gasteiger partial charge in [0, 0.05) is 44.5 Å². The van der Waals surface area contributed by atoms with Gasteiger partial charge in [-0.15, -0.1) is 0 Å². The average Bonchev–Trinajstić information content (AvgIpc) is 2.97. The fourth-order valence-electron chi connectivity index (χ4n) is 5.73. The van der Waals surface area contributed by atoms with E-state index >= 15 is 4.39 Å². The monoisotopic (exact) mass is 534 g/mol. The van der Waals surface area contributed by atoms with Gasteiger partial charge in [-0.05, 0) is 84.7 Å². The first-order valence-corrected chi connectivity index (χ1v) is 14.0. The van der Waals surface area contributed by atoms with Crippen LogP contribution in [0.25, 0.3) is 0 Å². The standard InChI is InChI=1S/C32H39FN2O4/c1-3-35(22-23-4-11-32(30(33)18-23)39-17-14-34-12-15-38-16-13-34)31-21-28(37-2)9-10-29(31)26-6-5-25-20-27(36)8-7-24(25)19-26/h4,7-11,18,20-21,26,36H,3,5-6,12-17,19,22H2,1-2H3. The van der Waals surface area contributed by atoms with E-state index in [4.69, 9.17) is 14.2 Å². The molecule has 0 saturated carbocycles. The van der Waals surface area contributed by atoms with Crippen LogP contribution in [0.3, 0.4) is 0 Å². The van der Waals surface area contributed by atoms with Gasteiger partial charge in [0.05, 0.1) is 20.3 Å². The summed E-state index contributed by atoms with van der Waals surface area (Å²) in [5.41, 5.74) is 5.82. The van der Waals surface area contributed by atoms with E-state index in [1.54, 1.807) is 25.3 Å². The van der Waals surface area contributed by atoms with Crippen LogP contribution in [0, 0.1) is 5.82 Å². The predicted octanol–water partition coefficient (Wildman–Crippen LogP) is 5.55. The molecule has 1 saturated heterocycles. The Kier molecular flexibility index (Phi) is 8.89. The fraction of sp³-hybridized carbons (Fsp3) is 0.438. The molecule has 3 aromatic rings. The molecule has 0 radical (unpaired) electrons. The molecule has 3 aromatic carbocycles. The van der Waals surface area contributed by atoms with Gasteiger partial charge < -0.3 is 24.2 Å². The molecular formula is C32H39FN2O4. The number of hydrogen-bond acceptors (Lipinski definition) is 6. The Bertz CT molecular complexity index is 1260. The van der Waals surface area contributed by atoms with Crippen molar-refractivity contribution in [2.45, 2.75) is 38.6 Å². The first-order valence-electron chi connectivity index (χ1n) is 14.0. The Morgan fingerprint density at radius 2 is 1.90 bits per heavy atom. The van der Waals surface area contributed by atoms with Crippen molar-refractivity contribution in [2.75, 3.05) is 58.0 Å². The van der Waals surface area contributed by atoms with Crippen molar-refractivity contribution in [2.24, 2.45) is 0 Å². The zero-order chi connectivity index (χ0) is 27.2. The molecule has 208 valence electrons. The number of benzene rings is 3. The third kappa shape index (κ3) is 6.65. The quantitative estimate of drug-likeness (QED) is 0.368. The minimum Gasteiger partial charge on any atom is -0.508 e. The third-order valence-electron chi connectivity index (χ3n) is 7.96. The van der Waals surface area contributed by atoms with Crippen molar-refractivity contribution >= 4 is 5.69 Å². The van der Waals surface area contributed by atoms with Gasteiger partial charge in [-0.2, -0.15) is 0 Å². The van der Waals surface area contributed by atoms with Crippen LogP contribution < -0.4 is 14.4 Å². The summed E-state index contributed by atoms with van der Waals surface area (Å²) in [4.78, 5) is 4.56. The van der Waals surface area contributed by atoms with E-state index in [-0.39, 0.29) is 5.82 Å². The molecule has 0 spiro atoms. The van der Waals surface area contributed by atoms with Gasteiger partial charge in [0.15, 0.2) is 11.6 Å². The molecule has 1 unspecified atom stereocenters. The number of hydrogen-bond donors (Lipinski definition) is 1. The Morgan fingerprint density at radius 3 is 2.67 bits per heavy atom. The van der Waals surface area contributed by atoms with E-state index in [1.807, 2.05) is 24.3 Å². The largest absolute Gasteiger partial charge is 0.508 e. The number of phenolic OH excluding ortho intramolecular Hbond substituents is 1. The Hall–Kier alpha value is -3.29. The number of aryl methyl sites for hydroxylation is 1. The molecule has 1 fully saturated rings. The highest BCUT2D eigenvalue weighted by Crippen LogP contribution is 2.40. The maximum absolute atomic E-state index is 15.0. The number of aromatic hydroxyl groups is 1. The molecule has 2 aliphatic rings. The van der Waals surface area contributed by atoms with Gasteiger partial charge in [0.25, 0.3) is 0 Å². The third-order valence-corrected chi connectivity index (χ3v) is 7.96. The highest BCUT2D eigenvalue weighted by molar-refractivity contribution is 5.60. The molecule has 5 rings (SSSR count). The number of phenols is 1. The Labute approximate surface area is 230 Å². The molecular weight excluding hydrogens is 495 g/mol. The van der Waals surface area contributed by atoms with Gasteiger partial charge in [-0.25, -0.2) is 4.39 Å². The van der Waals surface area contributed by atoms with Gasteiger partial charge in [-0.3, -0.25) is 4.90 Å². The Balaban J connectivity index is 1.30. The summed E-state index contributed by atoms with van der Waals surface area (Å²) < 4.78 is 31.8. The molecule has 39 heavy (non-hydrogen) atoms. The van der Waals surface area contributed by atoms with Crippen LogP contribution in [0.15, 0.2) is 54.6 Å². The van der Waals surface area contributed by atoms with Gasteiger partial charge in [0.1, 0.15) is 18.1 Å². The topological polar surface area (TPSA) is 54.4 Å². The van der Waals surface area contributed by atoms with E-state index in [9.17, 15) is 5.11 Å². The van der Waals surface area contributed by atoms with Crippen LogP contribution in [-0.4, -0.2) is 63.1 Å². The predicted molar refractivity (Wildman–Crippen MR) is 152 cm³/mol. The number of anilines is 1. The minimum absolute atomic E-state index is 0.295. The molecule has 0 amide bonds. The van der Waals surface area contributed by atoms with Crippen molar-refractivity contribution < 1.29 is 23.7 Å². The number of morpholine rings is 1. The molecule has 1 aliphatic carbocycles. The van der Waals surface area contributed by atoms with E-state index in [2.05, 4.69) is 28.9 Å². The van der Waals surface area contributed by atoms with Crippen LogP contribution in [0.4, 0.5) is 10.1 Å². The molecule has 1 aliphatic heterocycles. The van der Waals surface area contributed by atoms with Crippen molar-refractivity contribution in [1.82, 2.24) is 4.90 Å². The fourth-order valence-corrected chi connectivity index (χ4v) is 5.73. The van der Waals surface area contributed by atoms with Crippen molar-refractivity contribution in [1.29, 1.82) is 0 Å². The normalized spacial score (nSPS) is 17.5. The molecule has 7 heteroatoms. The maximum atomic E-state index is 15.0. The van der Waals surface area contributed by atoms with Crippen molar-refractivity contribution in [3.8, 4) is 17.2 Å². The smallest absolute Gasteiger partial charge is 0.165 e. The van der Waals surface area contributed by atoms with Crippen molar-refractivity contribution in [3.05, 3.63) is 82.7 Å². The summed E-state index contributed by atoms with van der Waals surface area (Å²) in [5, 5.41) is 9.89. The summed E-state index contributed by atoms with van der Waals surface area (Å²) in [6, 6.07) is 17.3. The van der Waals surface area contributed by atoms with Gasteiger partial charge >= 0.3 is 0 Å². The summed E-state index contributed by atoms with van der Waals surface area (Å²) >= 11 is 0.